The van der Waals surface area contributed by atoms with Gasteiger partial charge in [0.25, 0.3) is 17.5 Å². The molecule has 31 heavy (non-hydrogen) atoms. The summed E-state index contributed by atoms with van der Waals surface area (Å²) in [4.78, 5) is 41.1. The van der Waals surface area contributed by atoms with E-state index in [0.717, 1.165) is 5.56 Å². The highest BCUT2D eigenvalue weighted by molar-refractivity contribution is 6.27. The number of hydrogen-bond donors (Lipinski definition) is 0. The molecule has 1 aliphatic heterocycles. The molecule has 4 rings (SSSR count). The lowest BCUT2D eigenvalue weighted by Gasteiger charge is -2.29. The number of carbonyl (C=O) groups excluding carboxylic acids is 2. The van der Waals surface area contributed by atoms with Crippen LogP contribution >= 0.6 is 0 Å². The highest BCUT2D eigenvalue weighted by Gasteiger charge is 2.36. The molecule has 0 saturated carbocycles. The SMILES string of the molecule is CCN(CC)c1c([N+](=O)[O-])cc2c3c(cccc13)C(=O)N(CCc1ccccc1)C2=O. The standard InChI is InChI=1S/C24H23N3O4/c1-3-25(4-2)22-17-11-8-12-18-21(17)19(15-20(22)27(30)31)24(29)26(23(18)28)14-13-16-9-6-5-7-10-16/h5-12,15H,3-4,13-14H2,1-2H3. The van der Waals surface area contributed by atoms with Gasteiger partial charge in [0.2, 0.25) is 0 Å². The van der Waals surface area contributed by atoms with Gasteiger partial charge in [-0.25, -0.2) is 0 Å². The summed E-state index contributed by atoms with van der Waals surface area (Å²) in [7, 11) is 0. The second-order valence-electron chi connectivity index (χ2n) is 7.45. The van der Waals surface area contributed by atoms with E-state index in [1.165, 1.54) is 11.0 Å². The summed E-state index contributed by atoms with van der Waals surface area (Å²) < 4.78 is 0. The van der Waals surface area contributed by atoms with E-state index >= 15 is 0 Å². The summed E-state index contributed by atoms with van der Waals surface area (Å²) in [6, 6.07) is 16.1. The molecule has 0 radical (unpaired) electrons. The van der Waals surface area contributed by atoms with Crippen molar-refractivity contribution < 1.29 is 14.5 Å². The lowest BCUT2D eigenvalue weighted by atomic mass is 9.91. The minimum absolute atomic E-state index is 0.117. The lowest BCUT2D eigenvalue weighted by Crippen LogP contribution is -2.41. The zero-order chi connectivity index (χ0) is 22.1. The Hall–Kier alpha value is -3.74. The molecule has 0 aliphatic carbocycles. The van der Waals surface area contributed by atoms with Gasteiger partial charge in [-0.3, -0.25) is 24.6 Å². The van der Waals surface area contributed by atoms with Crippen LogP contribution in [0, 0.1) is 10.1 Å². The van der Waals surface area contributed by atoms with Gasteiger partial charge >= 0.3 is 0 Å². The normalized spacial score (nSPS) is 13.0. The Kier molecular flexibility index (Phi) is 5.42. The molecule has 0 atom stereocenters. The number of anilines is 1. The predicted molar refractivity (Wildman–Crippen MR) is 120 cm³/mol. The number of nitro groups is 1. The fourth-order valence-electron chi connectivity index (χ4n) is 4.28. The second-order valence-corrected chi connectivity index (χ2v) is 7.45. The minimum Gasteiger partial charge on any atom is -0.366 e. The van der Waals surface area contributed by atoms with Crippen LogP contribution in [-0.2, 0) is 6.42 Å². The molecule has 3 aromatic carbocycles. The summed E-state index contributed by atoms with van der Waals surface area (Å²) in [5.74, 6) is -0.850. The molecule has 2 amide bonds. The maximum Gasteiger partial charge on any atom is 0.293 e. The number of nitro benzene ring substituents is 1. The molecule has 0 spiro atoms. The van der Waals surface area contributed by atoms with Crippen molar-refractivity contribution in [3.05, 3.63) is 81.4 Å². The highest BCUT2D eigenvalue weighted by atomic mass is 16.6. The molecular weight excluding hydrogens is 394 g/mol. The Morgan fingerprint density at radius 2 is 1.61 bits per heavy atom. The Balaban J connectivity index is 1.86. The first-order chi connectivity index (χ1) is 15.0. The molecule has 7 heteroatoms. The van der Waals surface area contributed by atoms with E-state index < -0.39 is 10.8 Å². The Bertz CT molecular complexity index is 1190. The van der Waals surface area contributed by atoms with Crippen molar-refractivity contribution in [3.8, 4) is 0 Å². The molecule has 0 unspecified atom stereocenters. The molecular formula is C24H23N3O4. The number of amides is 2. The van der Waals surface area contributed by atoms with Crippen LogP contribution in [-0.4, -0.2) is 41.3 Å². The van der Waals surface area contributed by atoms with Gasteiger partial charge in [-0.2, -0.15) is 0 Å². The Morgan fingerprint density at radius 3 is 2.26 bits per heavy atom. The third-order valence-electron chi connectivity index (χ3n) is 5.81. The van der Waals surface area contributed by atoms with Crippen molar-refractivity contribution in [2.45, 2.75) is 20.3 Å². The van der Waals surface area contributed by atoms with Crippen molar-refractivity contribution in [2.24, 2.45) is 0 Å². The quantitative estimate of drug-likeness (QED) is 0.323. The number of rotatable bonds is 7. The van der Waals surface area contributed by atoms with Gasteiger partial charge < -0.3 is 4.90 Å². The molecule has 0 fully saturated rings. The zero-order valence-corrected chi connectivity index (χ0v) is 17.5. The number of hydrogen-bond acceptors (Lipinski definition) is 5. The van der Waals surface area contributed by atoms with E-state index in [2.05, 4.69) is 0 Å². The summed E-state index contributed by atoms with van der Waals surface area (Å²) in [6.45, 7) is 5.19. The molecule has 3 aromatic rings. The summed E-state index contributed by atoms with van der Waals surface area (Å²) in [6.07, 6.45) is 0.517. The largest absolute Gasteiger partial charge is 0.366 e. The zero-order valence-electron chi connectivity index (χ0n) is 17.5. The van der Waals surface area contributed by atoms with Crippen LogP contribution in [0.3, 0.4) is 0 Å². The number of carbonyl (C=O) groups is 2. The predicted octanol–water partition coefficient (Wildman–Crippen LogP) is 4.43. The maximum absolute atomic E-state index is 13.3. The van der Waals surface area contributed by atoms with Crippen LogP contribution in [0.1, 0.15) is 40.1 Å². The topological polar surface area (TPSA) is 83.8 Å². The first kappa shape index (κ1) is 20.5. The first-order valence-corrected chi connectivity index (χ1v) is 10.4. The highest BCUT2D eigenvalue weighted by Crippen LogP contribution is 2.42. The van der Waals surface area contributed by atoms with Crippen LogP contribution in [0.25, 0.3) is 10.8 Å². The molecule has 0 N–H and O–H groups in total. The van der Waals surface area contributed by atoms with Crippen LogP contribution in [0.4, 0.5) is 11.4 Å². The van der Waals surface area contributed by atoms with E-state index in [4.69, 9.17) is 0 Å². The Morgan fingerprint density at radius 1 is 0.935 bits per heavy atom. The van der Waals surface area contributed by atoms with Crippen molar-refractivity contribution in [1.29, 1.82) is 0 Å². The van der Waals surface area contributed by atoms with Crippen molar-refractivity contribution >= 4 is 34.0 Å². The van der Waals surface area contributed by atoms with Gasteiger partial charge in [0, 0.05) is 42.0 Å². The van der Waals surface area contributed by atoms with E-state index in [-0.39, 0.29) is 23.7 Å². The average molecular weight is 417 g/mol. The average Bonchev–Trinajstić information content (AvgIpc) is 2.79. The first-order valence-electron chi connectivity index (χ1n) is 10.4. The van der Waals surface area contributed by atoms with E-state index in [9.17, 15) is 19.7 Å². The summed E-state index contributed by atoms with van der Waals surface area (Å²) >= 11 is 0. The molecule has 0 aromatic heterocycles. The second kappa shape index (κ2) is 8.18. The molecule has 1 heterocycles. The fourth-order valence-corrected chi connectivity index (χ4v) is 4.28. The van der Waals surface area contributed by atoms with E-state index in [1.54, 1.807) is 18.2 Å². The van der Waals surface area contributed by atoms with Gasteiger partial charge in [-0.05, 0) is 31.9 Å². The van der Waals surface area contributed by atoms with Crippen LogP contribution in [0.5, 0.6) is 0 Å². The Labute approximate surface area is 180 Å². The monoisotopic (exact) mass is 417 g/mol. The van der Waals surface area contributed by atoms with Crippen molar-refractivity contribution in [3.63, 3.8) is 0 Å². The van der Waals surface area contributed by atoms with Crippen molar-refractivity contribution in [1.82, 2.24) is 4.90 Å². The molecule has 7 nitrogen and oxygen atoms in total. The lowest BCUT2D eigenvalue weighted by molar-refractivity contribution is -0.384. The molecule has 0 saturated heterocycles. The van der Waals surface area contributed by atoms with Gasteiger partial charge in [0.1, 0.15) is 5.69 Å². The third-order valence-corrected chi connectivity index (χ3v) is 5.81. The molecule has 158 valence electrons. The number of imide groups is 1. The third kappa shape index (κ3) is 3.42. The summed E-state index contributed by atoms with van der Waals surface area (Å²) in [5, 5.41) is 13.0. The fraction of sp³-hybridized carbons (Fsp3) is 0.250. The maximum atomic E-state index is 13.3. The van der Waals surface area contributed by atoms with Gasteiger partial charge in [0.15, 0.2) is 0 Å². The van der Waals surface area contributed by atoms with Crippen LogP contribution in [0.2, 0.25) is 0 Å². The number of benzene rings is 3. The van der Waals surface area contributed by atoms with E-state index in [1.807, 2.05) is 49.1 Å². The molecule has 1 aliphatic rings. The molecule has 0 bridgehead atoms. The van der Waals surface area contributed by atoms with Crippen LogP contribution in [0.15, 0.2) is 54.6 Å². The smallest absolute Gasteiger partial charge is 0.293 e. The number of nitrogens with zero attached hydrogens (tertiary/aromatic N) is 3. The van der Waals surface area contributed by atoms with Gasteiger partial charge in [0.05, 0.1) is 10.5 Å². The van der Waals surface area contributed by atoms with Gasteiger partial charge in [-0.15, -0.1) is 0 Å². The van der Waals surface area contributed by atoms with Gasteiger partial charge in [-0.1, -0.05) is 42.5 Å². The minimum atomic E-state index is -0.487. The summed E-state index contributed by atoms with van der Waals surface area (Å²) in [5.41, 5.74) is 1.96. The van der Waals surface area contributed by atoms with Crippen LogP contribution < -0.4 is 4.90 Å². The van der Waals surface area contributed by atoms with Crippen molar-refractivity contribution in [2.75, 3.05) is 24.5 Å². The van der Waals surface area contributed by atoms with E-state index in [0.29, 0.717) is 41.5 Å².